The van der Waals surface area contributed by atoms with Crippen LogP contribution in [0.1, 0.15) is 63.9 Å². The molecule has 1 aromatic carbocycles. The van der Waals surface area contributed by atoms with Gasteiger partial charge in [-0.15, -0.1) is 0 Å². The second-order valence-corrected chi connectivity index (χ2v) is 15.8. The number of hydrogen-bond acceptors (Lipinski definition) is 0. The Morgan fingerprint density at radius 3 is 1.72 bits per heavy atom. The zero-order valence-corrected chi connectivity index (χ0v) is 21.2. The summed E-state index contributed by atoms with van der Waals surface area (Å²) in [6.45, 7) is 2.49. The standard InChI is InChI=1S/2C9H11.C8H8.2ClH.Zr/c2*1-2-5-9-7-3-6-8(9)4-1;1-2-8-6-4-3-5-7-8;;;/h2*3,6-7H,1-2,4-5H2;3-7H,1H3;2*1H;/q;;;;;+2/p-2. The van der Waals surface area contributed by atoms with Gasteiger partial charge in [0.15, 0.2) is 0 Å². The van der Waals surface area contributed by atoms with Gasteiger partial charge in [0.1, 0.15) is 0 Å². The van der Waals surface area contributed by atoms with Gasteiger partial charge in [0.05, 0.1) is 0 Å². The first kappa shape index (κ1) is 23.2. The predicted octanol–water partition coefficient (Wildman–Crippen LogP) is 1.31. The Bertz CT molecular complexity index is 852. The van der Waals surface area contributed by atoms with Gasteiger partial charge in [-0.2, -0.15) is 0 Å². The van der Waals surface area contributed by atoms with Crippen molar-refractivity contribution in [3.05, 3.63) is 82.5 Å². The molecule has 0 fully saturated rings. The van der Waals surface area contributed by atoms with Crippen LogP contribution in [0, 0.1) is 0 Å². The quantitative estimate of drug-likeness (QED) is 0.583. The molecule has 0 N–H and O–H groups in total. The SMILES string of the molecule is C[C](c1ccccc1)=[Zr+2]([CH]1C=CC2=C1CCCC2)[CH]1C=CC2=C1CCCC2.[Cl-].[Cl-]. The Kier molecular flexibility index (Phi) is 8.17. The molecular formula is C26H30Cl2Zr. The third kappa shape index (κ3) is 4.44. The normalized spacial score (nSPS) is 24.3. The molecule has 0 bridgehead atoms. The summed E-state index contributed by atoms with van der Waals surface area (Å²) < 4.78 is 3.37. The molecular weight excluding hydrogens is 474 g/mol. The van der Waals surface area contributed by atoms with Gasteiger partial charge in [-0.3, -0.25) is 0 Å². The fourth-order valence-electron chi connectivity index (χ4n) is 5.75. The third-order valence-corrected chi connectivity index (χ3v) is 15.9. The third-order valence-electron chi connectivity index (χ3n) is 7.15. The van der Waals surface area contributed by atoms with Crippen LogP contribution < -0.4 is 24.8 Å². The molecule has 5 rings (SSSR count). The van der Waals surface area contributed by atoms with Crippen LogP contribution in [-0.4, -0.2) is 3.21 Å². The van der Waals surface area contributed by atoms with Crippen LogP contribution in [0.5, 0.6) is 0 Å². The van der Waals surface area contributed by atoms with Crippen molar-refractivity contribution in [3.8, 4) is 0 Å². The van der Waals surface area contributed by atoms with Crippen molar-refractivity contribution < 1.29 is 46.1 Å². The number of hydrogen-bond donors (Lipinski definition) is 0. The zero-order valence-electron chi connectivity index (χ0n) is 17.3. The summed E-state index contributed by atoms with van der Waals surface area (Å²) in [6.07, 6.45) is 21.3. The predicted molar refractivity (Wildman–Crippen MR) is 113 cm³/mol. The van der Waals surface area contributed by atoms with Gasteiger partial charge in [-0.25, -0.2) is 0 Å². The zero-order chi connectivity index (χ0) is 18.2. The van der Waals surface area contributed by atoms with Gasteiger partial charge in [-0.05, 0) is 0 Å². The molecule has 0 nitrogen and oxygen atoms in total. The molecule has 0 saturated carbocycles. The van der Waals surface area contributed by atoms with Gasteiger partial charge >= 0.3 is 173 Å². The summed E-state index contributed by atoms with van der Waals surface area (Å²) in [5.41, 5.74) is 8.65. The Balaban J connectivity index is 0.00000120. The first-order chi connectivity index (χ1) is 13.3. The van der Waals surface area contributed by atoms with Crippen LogP contribution in [0.15, 0.2) is 76.9 Å². The van der Waals surface area contributed by atoms with Gasteiger partial charge in [-0.1, -0.05) is 0 Å². The van der Waals surface area contributed by atoms with Crippen molar-refractivity contribution >= 4 is 3.21 Å². The maximum Gasteiger partial charge on any atom is -1.00 e. The van der Waals surface area contributed by atoms with Crippen LogP contribution in [0.3, 0.4) is 0 Å². The number of allylic oxidation sites excluding steroid dienone is 8. The van der Waals surface area contributed by atoms with Crippen molar-refractivity contribution in [2.75, 3.05) is 0 Å². The van der Waals surface area contributed by atoms with Gasteiger partial charge in [0.25, 0.3) is 0 Å². The van der Waals surface area contributed by atoms with E-state index in [1.165, 1.54) is 56.9 Å². The summed E-state index contributed by atoms with van der Waals surface area (Å²) in [4.78, 5) is 0. The summed E-state index contributed by atoms with van der Waals surface area (Å²) in [5, 5.41) is 0. The van der Waals surface area contributed by atoms with Crippen molar-refractivity contribution in [2.45, 2.75) is 65.5 Å². The fourth-order valence-corrected chi connectivity index (χ4v) is 15.2. The van der Waals surface area contributed by atoms with Crippen molar-refractivity contribution in [1.29, 1.82) is 0 Å². The van der Waals surface area contributed by atoms with Gasteiger partial charge < -0.3 is 24.8 Å². The molecule has 2 unspecified atom stereocenters. The maximum absolute atomic E-state index is 2.65. The Labute approximate surface area is 196 Å². The molecule has 2 atom stereocenters. The van der Waals surface area contributed by atoms with Crippen LogP contribution in [0.25, 0.3) is 0 Å². The minimum absolute atomic E-state index is 0. The molecule has 0 aromatic heterocycles. The molecule has 4 aliphatic carbocycles. The van der Waals surface area contributed by atoms with Gasteiger partial charge in [0, 0.05) is 0 Å². The Hall–Kier alpha value is -0.487. The topological polar surface area (TPSA) is 0 Å². The first-order valence-corrected chi connectivity index (χ1v) is 15.0. The summed E-state index contributed by atoms with van der Waals surface area (Å²) >= 11 is -1.97. The molecule has 3 heteroatoms. The maximum atomic E-state index is 2.65. The number of rotatable bonds is 3. The molecule has 0 radical (unpaired) electrons. The summed E-state index contributed by atoms with van der Waals surface area (Å²) in [6, 6.07) is 11.3. The smallest absolute Gasteiger partial charge is 1.00 e. The van der Waals surface area contributed by atoms with Gasteiger partial charge in [0.2, 0.25) is 0 Å². The second kappa shape index (κ2) is 10.2. The fraction of sp³-hybridized carbons (Fsp3) is 0.423. The summed E-state index contributed by atoms with van der Waals surface area (Å²) in [7, 11) is 0. The first-order valence-electron chi connectivity index (χ1n) is 10.9. The van der Waals surface area contributed by atoms with Crippen molar-refractivity contribution in [3.63, 3.8) is 0 Å². The average molecular weight is 505 g/mol. The minimum atomic E-state index is -1.97. The molecule has 0 aliphatic heterocycles. The largest absolute Gasteiger partial charge is 1.00 e. The Morgan fingerprint density at radius 1 is 0.724 bits per heavy atom. The molecule has 152 valence electrons. The van der Waals surface area contributed by atoms with Crippen LogP contribution >= 0.6 is 0 Å². The molecule has 0 saturated heterocycles. The van der Waals surface area contributed by atoms with E-state index >= 15 is 0 Å². The van der Waals surface area contributed by atoms with Crippen LogP contribution in [-0.2, 0) is 21.3 Å². The van der Waals surface area contributed by atoms with E-state index < -0.39 is 21.3 Å². The van der Waals surface area contributed by atoms with Crippen molar-refractivity contribution in [1.82, 2.24) is 0 Å². The second-order valence-electron chi connectivity index (χ2n) is 8.64. The monoisotopic (exact) mass is 502 g/mol. The number of benzene rings is 1. The van der Waals surface area contributed by atoms with E-state index in [-0.39, 0.29) is 24.8 Å². The van der Waals surface area contributed by atoms with E-state index in [4.69, 9.17) is 0 Å². The van der Waals surface area contributed by atoms with E-state index in [1.54, 1.807) is 14.4 Å². The van der Waals surface area contributed by atoms with E-state index in [1.807, 2.05) is 11.1 Å². The molecule has 4 aliphatic rings. The van der Waals surface area contributed by atoms with Crippen LogP contribution in [0.4, 0.5) is 0 Å². The van der Waals surface area contributed by atoms with Crippen molar-refractivity contribution in [2.24, 2.45) is 0 Å². The van der Waals surface area contributed by atoms with E-state index in [0.717, 1.165) is 7.25 Å². The minimum Gasteiger partial charge on any atom is -1.00 e. The van der Waals surface area contributed by atoms with E-state index in [9.17, 15) is 0 Å². The molecule has 1 aromatic rings. The number of halogens is 2. The molecule has 0 heterocycles. The molecule has 29 heavy (non-hydrogen) atoms. The average Bonchev–Trinajstić information content (AvgIpc) is 3.34. The molecule has 0 spiro atoms. The van der Waals surface area contributed by atoms with Crippen LogP contribution in [0.2, 0.25) is 7.25 Å². The van der Waals surface area contributed by atoms with E-state index in [0.29, 0.717) is 0 Å². The summed E-state index contributed by atoms with van der Waals surface area (Å²) in [5.74, 6) is 0. The Morgan fingerprint density at radius 2 is 1.21 bits per heavy atom. The molecule has 0 amide bonds. The van der Waals surface area contributed by atoms with E-state index in [2.05, 4.69) is 61.6 Å².